The Kier molecular flexibility index (Phi) is 7.21. The minimum Gasteiger partial charge on any atom is -0.491 e. The van der Waals surface area contributed by atoms with E-state index in [-0.39, 0.29) is 30.5 Å². The highest BCUT2D eigenvalue weighted by atomic mass is 35.5. The van der Waals surface area contributed by atoms with Crippen LogP contribution in [0.15, 0.2) is 24.3 Å². The van der Waals surface area contributed by atoms with E-state index in [1.165, 1.54) is 0 Å². The van der Waals surface area contributed by atoms with Crippen LogP contribution in [0.3, 0.4) is 0 Å². The first-order chi connectivity index (χ1) is 12.4. The van der Waals surface area contributed by atoms with Crippen molar-refractivity contribution in [1.82, 2.24) is 25.6 Å². The molecule has 2 N–H and O–H groups in total. The van der Waals surface area contributed by atoms with Gasteiger partial charge in [0.05, 0.1) is 17.5 Å². The van der Waals surface area contributed by atoms with Crippen LogP contribution in [0.4, 0.5) is 0 Å². The number of nitrogens with one attached hydrogen (secondary N) is 2. The van der Waals surface area contributed by atoms with Gasteiger partial charge in [0.25, 0.3) is 5.91 Å². The topological polar surface area (TPSA) is 81.1 Å². The Morgan fingerprint density at radius 1 is 1.33 bits per heavy atom. The minimum atomic E-state index is -0.160. The Labute approximate surface area is 166 Å². The maximum Gasteiger partial charge on any atom is 0.273 e. The average Bonchev–Trinajstić information content (AvgIpc) is 2.97. The highest BCUT2D eigenvalue weighted by Gasteiger charge is 2.23. The molecule has 2 aromatic rings. The summed E-state index contributed by atoms with van der Waals surface area (Å²) in [6.45, 7) is 8.89. The molecule has 8 heteroatoms. The van der Waals surface area contributed by atoms with E-state index in [4.69, 9.17) is 4.74 Å². The second kappa shape index (κ2) is 9.19. The quantitative estimate of drug-likeness (QED) is 0.816. The maximum absolute atomic E-state index is 12.6. The van der Waals surface area contributed by atoms with Gasteiger partial charge in [0, 0.05) is 12.1 Å². The molecule has 0 bridgehead atoms. The molecule has 1 aromatic heterocycles. The largest absolute Gasteiger partial charge is 0.491 e. The van der Waals surface area contributed by atoms with Crippen molar-refractivity contribution in [2.75, 3.05) is 6.54 Å². The van der Waals surface area contributed by atoms with Crippen molar-refractivity contribution in [3.05, 3.63) is 35.7 Å². The smallest absolute Gasteiger partial charge is 0.273 e. The summed E-state index contributed by atoms with van der Waals surface area (Å²) < 4.78 is 7.34. The van der Waals surface area contributed by atoms with Gasteiger partial charge in [-0.15, -0.1) is 17.5 Å². The fourth-order valence-electron chi connectivity index (χ4n) is 3.24. The fraction of sp³-hybridized carbons (Fsp3) is 0.526. The summed E-state index contributed by atoms with van der Waals surface area (Å²) in [5, 5.41) is 14.7. The summed E-state index contributed by atoms with van der Waals surface area (Å²) >= 11 is 0. The van der Waals surface area contributed by atoms with Crippen molar-refractivity contribution in [2.24, 2.45) is 0 Å². The first-order valence-electron chi connectivity index (χ1n) is 9.17. The van der Waals surface area contributed by atoms with Crippen molar-refractivity contribution in [2.45, 2.75) is 58.7 Å². The molecule has 0 radical (unpaired) electrons. The van der Waals surface area contributed by atoms with E-state index in [1.54, 1.807) is 4.68 Å². The fourth-order valence-corrected chi connectivity index (χ4v) is 3.24. The summed E-state index contributed by atoms with van der Waals surface area (Å²) in [5.74, 6) is 0.645. The standard InChI is InChI=1S/C19H27N5O2.ClH/c1-12(2)26-17-7-5-16(6-8-17)24-14(4)18(22-23-24)19(25)21-15-9-10-20-13(3)11-15;/h5-8,12-13,15,20H,9-11H2,1-4H3,(H,21,25);1H. The van der Waals surface area contributed by atoms with Gasteiger partial charge in [-0.3, -0.25) is 4.79 Å². The Morgan fingerprint density at radius 3 is 2.67 bits per heavy atom. The molecule has 2 unspecified atom stereocenters. The zero-order chi connectivity index (χ0) is 18.7. The Morgan fingerprint density at radius 2 is 2.04 bits per heavy atom. The van der Waals surface area contributed by atoms with Gasteiger partial charge in [-0.05, 0) is 71.3 Å². The lowest BCUT2D eigenvalue weighted by Crippen LogP contribution is -2.46. The number of amides is 1. The van der Waals surface area contributed by atoms with Crippen LogP contribution in [0.2, 0.25) is 0 Å². The van der Waals surface area contributed by atoms with Gasteiger partial charge in [0.2, 0.25) is 0 Å². The molecule has 1 aliphatic rings. The summed E-state index contributed by atoms with van der Waals surface area (Å²) in [6, 6.07) is 8.21. The van der Waals surface area contributed by atoms with Gasteiger partial charge in [-0.2, -0.15) is 0 Å². The molecule has 1 amide bonds. The van der Waals surface area contributed by atoms with Crippen LogP contribution in [0.1, 0.15) is 49.8 Å². The predicted octanol–water partition coefficient (Wildman–Crippen LogP) is 2.66. The van der Waals surface area contributed by atoms with Crippen LogP contribution in [-0.4, -0.2) is 45.6 Å². The van der Waals surface area contributed by atoms with Gasteiger partial charge >= 0.3 is 0 Å². The second-order valence-corrected chi connectivity index (χ2v) is 7.15. The predicted molar refractivity (Wildman–Crippen MR) is 107 cm³/mol. The molecule has 148 valence electrons. The molecule has 1 aromatic carbocycles. The number of halogens is 1. The number of carbonyl (C=O) groups excluding carboxylic acids is 1. The molecule has 0 aliphatic carbocycles. The minimum absolute atomic E-state index is 0. The van der Waals surface area contributed by atoms with E-state index >= 15 is 0 Å². The highest BCUT2D eigenvalue weighted by Crippen LogP contribution is 2.18. The van der Waals surface area contributed by atoms with Crippen LogP contribution >= 0.6 is 12.4 Å². The van der Waals surface area contributed by atoms with E-state index in [0.717, 1.165) is 36.5 Å². The Hall–Kier alpha value is -2.12. The lowest BCUT2D eigenvalue weighted by Gasteiger charge is -2.28. The number of piperidine rings is 1. The summed E-state index contributed by atoms with van der Waals surface area (Å²) in [6.07, 6.45) is 1.98. The third-order valence-electron chi connectivity index (χ3n) is 4.52. The van der Waals surface area contributed by atoms with Gasteiger partial charge in [0.1, 0.15) is 5.75 Å². The number of carbonyl (C=O) groups is 1. The van der Waals surface area contributed by atoms with Crippen LogP contribution in [0, 0.1) is 6.92 Å². The molecule has 0 saturated carbocycles. The van der Waals surface area contributed by atoms with Crippen molar-refractivity contribution in [3.63, 3.8) is 0 Å². The molecule has 0 spiro atoms. The molecule has 1 fully saturated rings. The monoisotopic (exact) mass is 393 g/mol. The average molecular weight is 394 g/mol. The molecule has 1 saturated heterocycles. The van der Waals surface area contributed by atoms with E-state index in [2.05, 4.69) is 27.9 Å². The SMILES string of the molecule is Cc1c(C(=O)NC2CCNC(C)C2)nnn1-c1ccc(OC(C)C)cc1.Cl. The van der Waals surface area contributed by atoms with Gasteiger partial charge in [-0.25, -0.2) is 4.68 Å². The van der Waals surface area contributed by atoms with Gasteiger partial charge in [0.15, 0.2) is 5.69 Å². The van der Waals surface area contributed by atoms with Crippen LogP contribution in [0.5, 0.6) is 5.75 Å². The molecule has 1 aliphatic heterocycles. The Bertz CT molecular complexity index is 760. The van der Waals surface area contributed by atoms with Gasteiger partial charge < -0.3 is 15.4 Å². The number of nitrogens with zero attached hydrogens (tertiary/aromatic N) is 3. The van der Waals surface area contributed by atoms with Crippen LogP contribution < -0.4 is 15.4 Å². The number of benzene rings is 1. The summed E-state index contributed by atoms with van der Waals surface area (Å²) in [7, 11) is 0. The number of hydrogen-bond donors (Lipinski definition) is 2. The first-order valence-corrected chi connectivity index (χ1v) is 9.17. The van der Waals surface area contributed by atoms with E-state index in [1.807, 2.05) is 45.0 Å². The second-order valence-electron chi connectivity index (χ2n) is 7.15. The number of ether oxygens (including phenoxy) is 1. The normalized spacial score (nSPS) is 19.4. The van der Waals surface area contributed by atoms with Crippen LogP contribution in [-0.2, 0) is 0 Å². The zero-order valence-corrected chi connectivity index (χ0v) is 17.0. The number of hydrogen-bond acceptors (Lipinski definition) is 5. The van der Waals surface area contributed by atoms with Crippen molar-refractivity contribution < 1.29 is 9.53 Å². The lowest BCUT2D eigenvalue weighted by atomic mass is 10.0. The van der Waals surface area contributed by atoms with Crippen LogP contribution in [0.25, 0.3) is 5.69 Å². The molecule has 27 heavy (non-hydrogen) atoms. The van der Waals surface area contributed by atoms with Crippen molar-refractivity contribution >= 4 is 18.3 Å². The van der Waals surface area contributed by atoms with E-state index in [0.29, 0.717) is 11.7 Å². The Balaban J connectivity index is 0.00000261. The third-order valence-corrected chi connectivity index (χ3v) is 4.52. The highest BCUT2D eigenvalue weighted by molar-refractivity contribution is 5.93. The summed E-state index contributed by atoms with van der Waals surface area (Å²) in [4.78, 5) is 12.6. The molecule has 7 nitrogen and oxygen atoms in total. The zero-order valence-electron chi connectivity index (χ0n) is 16.2. The van der Waals surface area contributed by atoms with E-state index < -0.39 is 0 Å². The first kappa shape index (κ1) is 21.2. The summed E-state index contributed by atoms with van der Waals surface area (Å²) in [5.41, 5.74) is 1.95. The lowest BCUT2D eigenvalue weighted by molar-refractivity contribution is 0.0920. The number of aromatic nitrogens is 3. The molecular weight excluding hydrogens is 366 g/mol. The number of rotatable bonds is 5. The molecular formula is C19H28ClN5O2. The molecule has 2 atom stereocenters. The van der Waals surface area contributed by atoms with Crippen molar-refractivity contribution in [3.8, 4) is 11.4 Å². The van der Waals surface area contributed by atoms with E-state index in [9.17, 15) is 4.79 Å². The molecule has 3 rings (SSSR count). The maximum atomic E-state index is 12.6. The van der Waals surface area contributed by atoms with Crippen molar-refractivity contribution in [1.29, 1.82) is 0 Å². The molecule has 2 heterocycles. The van der Waals surface area contributed by atoms with Gasteiger partial charge in [-0.1, -0.05) is 5.21 Å². The third kappa shape index (κ3) is 5.20.